The van der Waals surface area contributed by atoms with E-state index in [-0.39, 0.29) is 0 Å². The number of aromatic amines is 1. The number of benzene rings is 1. The van der Waals surface area contributed by atoms with E-state index < -0.39 is 0 Å². The summed E-state index contributed by atoms with van der Waals surface area (Å²) in [6.45, 7) is 3.82. The van der Waals surface area contributed by atoms with Crippen LogP contribution in [0.5, 0.6) is 0 Å². The molecule has 0 amide bonds. The van der Waals surface area contributed by atoms with E-state index in [1.165, 1.54) is 5.69 Å². The van der Waals surface area contributed by atoms with Gasteiger partial charge in [0.2, 0.25) is 5.95 Å². The third kappa shape index (κ3) is 4.42. The number of rotatable bonds is 6. The van der Waals surface area contributed by atoms with Crippen LogP contribution >= 0.6 is 0 Å². The van der Waals surface area contributed by atoms with Crippen LogP contribution in [0, 0.1) is 12.3 Å². The van der Waals surface area contributed by atoms with Crippen LogP contribution in [0.3, 0.4) is 0 Å². The Morgan fingerprint density at radius 2 is 1.94 bits per heavy atom. The van der Waals surface area contributed by atoms with Crippen LogP contribution in [-0.2, 0) is 4.74 Å². The molecule has 9 nitrogen and oxygen atoms in total. The maximum absolute atomic E-state index is 5.44. The van der Waals surface area contributed by atoms with Crippen molar-refractivity contribution in [2.75, 3.05) is 55.0 Å². The van der Waals surface area contributed by atoms with Crippen molar-refractivity contribution in [3.05, 3.63) is 48.9 Å². The van der Waals surface area contributed by atoms with Crippen LogP contribution in [0.1, 0.15) is 0 Å². The van der Waals surface area contributed by atoms with E-state index in [4.69, 9.17) is 16.1 Å². The van der Waals surface area contributed by atoms with Crippen LogP contribution < -0.4 is 15.1 Å². The molecule has 1 aliphatic heterocycles. The quantitative estimate of drug-likeness (QED) is 0.442. The van der Waals surface area contributed by atoms with E-state index in [2.05, 4.69) is 48.2 Å². The Bertz CT molecular complexity index is 1270. The monoisotopic (exact) mass is 440 g/mol. The lowest BCUT2D eigenvalue weighted by Gasteiger charge is -2.28. The molecule has 0 spiro atoms. The molecule has 33 heavy (non-hydrogen) atoms. The molecular formula is C24H24N8O. The minimum atomic E-state index is 0.470. The third-order valence-electron chi connectivity index (χ3n) is 5.53. The fraction of sp³-hybridized carbons (Fsp3) is 0.250. The smallest absolute Gasteiger partial charge is 0.229 e. The first-order valence-corrected chi connectivity index (χ1v) is 10.7. The molecule has 4 heterocycles. The van der Waals surface area contributed by atoms with Gasteiger partial charge in [-0.15, -0.1) is 6.42 Å². The summed E-state index contributed by atoms with van der Waals surface area (Å²) in [5.74, 6) is 3.89. The minimum absolute atomic E-state index is 0.470. The highest BCUT2D eigenvalue weighted by atomic mass is 16.5. The fourth-order valence-electron chi connectivity index (χ4n) is 3.77. The average molecular weight is 441 g/mol. The molecule has 0 unspecified atom stereocenters. The first kappa shape index (κ1) is 20.7. The maximum atomic E-state index is 5.44. The van der Waals surface area contributed by atoms with Crippen LogP contribution in [0.2, 0.25) is 0 Å². The molecule has 0 saturated carbocycles. The molecule has 0 atom stereocenters. The highest BCUT2D eigenvalue weighted by Crippen LogP contribution is 2.27. The van der Waals surface area contributed by atoms with Crippen LogP contribution in [0.25, 0.3) is 22.4 Å². The number of aromatic nitrogens is 5. The van der Waals surface area contributed by atoms with Crippen molar-refractivity contribution in [3.8, 4) is 23.6 Å². The van der Waals surface area contributed by atoms with Crippen LogP contribution in [0.15, 0.2) is 48.9 Å². The number of hydrogen-bond acceptors (Lipinski definition) is 8. The molecule has 1 aliphatic rings. The minimum Gasteiger partial charge on any atom is -0.378 e. The number of morpholine rings is 1. The number of ether oxygens (including phenoxy) is 1. The number of terminal acetylenes is 1. The molecule has 5 rings (SSSR count). The lowest BCUT2D eigenvalue weighted by Crippen LogP contribution is -2.36. The second-order valence-corrected chi connectivity index (χ2v) is 7.73. The van der Waals surface area contributed by atoms with Gasteiger partial charge in [0.15, 0.2) is 5.65 Å². The Morgan fingerprint density at radius 3 is 2.67 bits per heavy atom. The SMILES string of the molecule is C#CCN(C)c1ccc(-c2nc(Nc3ccc(N4CCOCC4)cc3)nc3nc[nH]c23)cn1. The Balaban J connectivity index is 1.40. The first-order chi connectivity index (χ1) is 16.2. The summed E-state index contributed by atoms with van der Waals surface area (Å²) in [4.78, 5) is 25.5. The highest BCUT2D eigenvalue weighted by molar-refractivity contribution is 5.88. The number of imidazole rings is 1. The predicted molar refractivity (Wildman–Crippen MR) is 130 cm³/mol. The second kappa shape index (κ2) is 9.14. The van der Waals surface area contributed by atoms with Gasteiger partial charge >= 0.3 is 0 Å². The third-order valence-corrected chi connectivity index (χ3v) is 5.53. The van der Waals surface area contributed by atoms with Gasteiger partial charge in [-0.25, -0.2) is 15.0 Å². The van der Waals surface area contributed by atoms with E-state index >= 15 is 0 Å². The summed E-state index contributed by atoms with van der Waals surface area (Å²) in [5, 5.41) is 3.30. The molecule has 9 heteroatoms. The largest absolute Gasteiger partial charge is 0.378 e. The summed E-state index contributed by atoms with van der Waals surface area (Å²) in [5.41, 5.74) is 5.00. The van der Waals surface area contributed by atoms with Crippen molar-refractivity contribution < 1.29 is 4.74 Å². The van der Waals surface area contributed by atoms with E-state index in [0.717, 1.165) is 54.6 Å². The molecule has 0 radical (unpaired) electrons. The Kier molecular flexibility index (Phi) is 5.74. The Hall–Kier alpha value is -4.16. The van der Waals surface area contributed by atoms with Gasteiger partial charge in [0.25, 0.3) is 0 Å². The molecule has 2 N–H and O–H groups in total. The normalized spacial score (nSPS) is 13.6. The van der Waals surface area contributed by atoms with Crippen molar-refractivity contribution in [2.24, 2.45) is 0 Å². The molecule has 166 valence electrons. The van der Waals surface area contributed by atoms with Gasteiger partial charge in [0, 0.05) is 43.3 Å². The van der Waals surface area contributed by atoms with Gasteiger partial charge < -0.3 is 24.8 Å². The number of H-pyrrole nitrogens is 1. The summed E-state index contributed by atoms with van der Waals surface area (Å²) >= 11 is 0. The molecule has 1 saturated heterocycles. The molecule has 0 aliphatic carbocycles. The number of pyridine rings is 1. The first-order valence-electron chi connectivity index (χ1n) is 10.7. The van der Waals surface area contributed by atoms with E-state index in [9.17, 15) is 0 Å². The highest BCUT2D eigenvalue weighted by Gasteiger charge is 2.14. The summed E-state index contributed by atoms with van der Waals surface area (Å²) in [7, 11) is 1.91. The maximum Gasteiger partial charge on any atom is 0.229 e. The lowest BCUT2D eigenvalue weighted by molar-refractivity contribution is 0.122. The van der Waals surface area contributed by atoms with Gasteiger partial charge in [0.05, 0.1) is 26.1 Å². The van der Waals surface area contributed by atoms with Crippen LogP contribution in [-0.4, -0.2) is 64.8 Å². The molecule has 3 aromatic heterocycles. The fourth-order valence-corrected chi connectivity index (χ4v) is 3.77. The summed E-state index contributed by atoms with van der Waals surface area (Å²) < 4.78 is 5.44. The molecule has 0 bridgehead atoms. The zero-order valence-corrected chi connectivity index (χ0v) is 18.3. The number of anilines is 4. The van der Waals surface area contributed by atoms with Crippen molar-refractivity contribution in [1.29, 1.82) is 0 Å². The Labute approximate surface area is 191 Å². The zero-order chi connectivity index (χ0) is 22.6. The van der Waals surface area contributed by atoms with Crippen molar-refractivity contribution >= 4 is 34.3 Å². The topological polar surface area (TPSA) is 95.1 Å². The van der Waals surface area contributed by atoms with Gasteiger partial charge in [-0.05, 0) is 36.4 Å². The number of nitrogens with zero attached hydrogens (tertiary/aromatic N) is 6. The van der Waals surface area contributed by atoms with Crippen LogP contribution in [0.4, 0.5) is 23.1 Å². The van der Waals surface area contributed by atoms with Crippen molar-refractivity contribution in [1.82, 2.24) is 24.9 Å². The van der Waals surface area contributed by atoms with Gasteiger partial charge in [-0.1, -0.05) is 5.92 Å². The predicted octanol–water partition coefficient (Wildman–Crippen LogP) is 3.06. The van der Waals surface area contributed by atoms with E-state index in [0.29, 0.717) is 18.1 Å². The molecule has 4 aromatic rings. The van der Waals surface area contributed by atoms with Gasteiger partial charge in [0.1, 0.15) is 17.0 Å². The molecule has 1 fully saturated rings. The van der Waals surface area contributed by atoms with E-state index in [1.54, 1.807) is 12.5 Å². The summed E-state index contributed by atoms with van der Waals surface area (Å²) in [6, 6.07) is 12.1. The average Bonchev–Trinajstić information content (AvgIpc) is 3.34. The van der Waals surface area contributed by atoms with Gasteiger partial charge in [-0.2, -0.15) is 4.98 Å². The van der Waals surface area contributed by atoms with E-state index in [1.807, 2.05) is 36.2 Å². The van der Waals surface area contributed by atoms with Crippen molar-refractivity contribution in [3.63, 3.8) is 0 Å². The molecular weight excluding hydrogens is 416 g/mol. The number of nitrogens with one attached hydrogen (secondary N) is 2. The summed E-state index contributed by atoms with van der Waals surface area (Å²) in [6.07, 6.45) is 8.80. The zero-order valence-electron chi connectivity index (χ0n) is 18.3. The van der Waals surface area contributed by atoms with Crippen molar-refractivity contribution in [2.45, 2.75) is 0 Å². The lowest BCUT2D eigenvalue weighted by atomic mass is 10.2. The standard InChI is InChI=1S/C24H24N8O/c1-3-10-31(2)20-9-4-17(15-25-20)21-22-23(27-16-26-22)30-24(29-21)28-18-5-7-19(8-6-18)32-11-13-33-14-12-32/h1,4-9,15-16H,10-14H2,2H3,(H2,26,27,28,29,30). The van der Waals surface area contributed by atoms with Gasteiger partial charge in [-0.3, -0.25) is 0 Å². The second-order valence-electron chi connectivity index (χ2n) is 7.73. The number of fused-ring (bicyclic) bond motifs is 1. The number of hydrogen-bond donors (Lipinski definition) is 2. The molecule has 1 aromatic carbocycles. The Morgan fingerprint density at radius 1 is 1.12 bits per heavy atom.